The molecule has 0 radical (unpaired) electrons. The van der Waals surface area contributed by atoms with Crippen molar-refractivity contribution in [1.82, 2.24) is 9.47 Å². The van der Waals surface area contributed by atoms with E-state index >= 15 is 0 Å². The van der Waals surface area contributed by atoms with Crippen molar-refractivity contribution in [2.45, 2.75) is 53.0 Å². The fourth-order valence-corrected chi connectivity index (χ4v) is 4.94. The molecule has 1 fully saturated rings. The molecule has 5 nitrogen and oxygen atoms in total. The van der Waals surface area contributed by atoms with Crippen LogP contribution in [0, 0.1) is 13.8 Å². The summed E-state index contributed by atoms with van der Waals surface area (Å²) in [4.78, 5) is 17.5. The third-order valence-electron chi connectivity index (χ3n) is 7.17. The fourth-order valence-electron chi connectivity index (χ4n) is 4.94. The van der Waals surface area contributed by atoms with E-state index in [4.69, 9.17) is 4.74 Å². The Morgan fingerprint density at radius 2 is 1.76 bits per heavy atom. The van der Waals surface area contributed by atoms with Crippen LogP contribution in [0.2, 0.25) is 0 Å². The van der Waals surface area contributed by atoms with Crippen LogP contribution in [0.3, 0.4) is 0 Å². The number of carbonyl (C=O) groups is 1. The van der Waals surface area contributed by atoms with Crippen molar-refractivity contribution in [2.24, 2.45) is 0 Å². The number of esters is 1. The zero-order valence-corrected chi connectivity index (χ0v) is 21.1. The molecule has 1 aromatic heterocycles. The molecule has 2 aromatic carbocycles. The first-order chi connectivity index (χ1) is 16.6. The Balaban J connectivity index is 1.34. The van der Waals surface area contributed by atoms with Crippen molar-refractivity contribution in [3.8, 4) is 0 Å². The van der Waals surface area contributed by atoms with Gasteiger partial charge in [-0.1, -0.05) is 50.1 Å². The van der Waals surface area contributed by atoms with Crippen LogP contribution in [0.4, 0.5) is 5.69 Å². The predicted molar refractivity (Wildman–Crippen MR) is 141 cm³/mol. The fraction of sp³-hybridized carbons (Fsp3) is 0.483. The standard InChI is InChI=1S/C29H39N3O2/c1-4-5-8-20-34-29(33)22-32-21-25(26-11-6-7-12-28(26)32)14-15-30-16-18-31(19-17-30)27-13-9-10-23(2)24(27)3/h6-7,9-13,21H,4-5,8,14-20,22H2,1-3H3. The molecule has 3 aromatic rings. The summed E-state index contributed by atoms with van der Waals surface area (Å²) in [5, 5.41) is 1.25. The topological polar surface area (TPSA) is 37.7 Å². The summed E-state index contributed by atoms with van der Waals surface area (Å²) in [5.41, 5.74) is 6.56. The molecule has 0 atom stereocenters. The van der Waals surface area contributed by atoms with Crippen LogP contribution in [-0.4, -0.2) is 54.8 Å². The maximum Gasteiger partial charge on any atom is 0.325 e. The maximum atomic E-state index is 12.4. The van der Waals surface area contributed by atoms with Gasteiger partial charge in [0.05, 0.1) is 6.61 Å². The predicted octanol–water partition coefficient (Wildman–Crippen LogP) is 5.36. The van der Waals surface area contributed by atoms with Gasteiger partial charge in [0.25, 0.3) is 0 Å². The molecular formula is C29H39N3O2. The Kier molecular flexibility index (Phi) is 8.28. The number of benzene rings is 2. The van der Waals surface area contributed by atoms with Crippen LogP contribution in [0.1, 0.15) is 42.9 Å². The van der Waals surface area contributed by atoms with Crippen LogP contribution in [-0.2, 0) is 22.5 Å². The molecule has 0 aliphatic carbocycles. The zero-order valence-electron chi connectivity index (χ0n) is 21.1. The number of piperazine rings is 1. The largest absolute Gasteiger partial charge is 0.464 e. The van der Waals surface area contributed by atoms with Crippen molar-refractivity contribution in [1.29, 1.82) is 0 Å². The highest BCUT2D eigenvalue weighted by Gasteiger charge is 2.19. The van der Waals surface area contributed by atoms with Gasteiger partial charge in [-0.05, 0) is 55.5 Å². The summed E-state index contributed by atoms with van der Waals surface area (Å²) in [6.45, 7) is 12.7. The number of carbonyl (C=O) groups excluding carboxylic acids is 1. The van der Waals surface area contributed by atoms with Gasteiger partial charge in [-0.2, -0.15) is 0 Å². The van der Waals surface area contributed by atoms with E-state index in [1.165, 1.54) is 27.8 Å². The molecule has 1 aliphatic rings. The molecule has 182 valence electrons. The molecule has 0 unspecified atom stereocenters. The van der Waals surface area contributed by atoms with Crippen molar-refractivity contribution < 1.29 is 9.53 Å². The summed E-state index contributed by atoms with van der Waals surface area (Å²) in [6.07, 6.45) is 6.32. The van der Waals surface area contributed by atoms with Gasteiger partial charge < -0.3 is 14.2 Å². The van der Waals surface area contributed by atoms with Gasteiger partial charge in [0, 0.05) is 55.5 Å². The van der Waals surface area contributed by atoms with E-state index in [1.807, 2.05) is 6.07 Å². The first-order valence-corrected chi connectivity index (χ1v) is 12.8. The van der Waals surface area contributed by atoms with E-state index in [0.29, 0.717) is 6.61 Å². The summed E-state index contributed by atoms with van der Waals surface area (Å²) in [7, 11) is 0. The number of hydrogen-bond donors (Lipinski definition) is 0. The summed E-state index contributed by atoms with van der Waals surface area (Å²) in [5.74, 6) is -0.147. The normalized spacial score (nSPS) is 14.6. The average molecular weight is 462 g/mol. The number of para-hydroxylation sites is 1. The minimum Gasteiger partial charge on any atom is -0.464 e. The highest BCUT2D eigenvalue weighted by atomic mass is 16.5. The molecule has 4 rings (SSSR count). The molecule has 0 amide bonds. The van der Waals surface area contributed by atoms with Crippen LogP contribution in [0.15, 0.2) is 48.7 Å². The lowest BCUT2D eigenvalue weighted by Gasteiger charge is -2.37. The van der Waals surface area contributed by atoms with Gasteiger partial charge >= 0.3 is 5.97 Å². The number of nitrogens with zero attached hydrogens (tertiary/aromatic N) is 3. The third kappa shape index (κ3) is 5.82. The van der Waals surface area contributed by atoms with Gasteiger partial charge in [0.2, 0.25) is 0 Å². The van der Waals surface area contributed by atoms with Crippen LogP contribution < -0.4 is 4.90 Å². The second-order valence-corrected chi connectivity index (χ2v) is 9.52. The van der Waals surface area contributed by atoms with Gasteiger partial charge in [0.15, 0.2) is 0 Å². The molecule has 0 N–H and O–H groups in total. The zero-order chi connectivity index (χ0) is 23.9. The summed E-state index contributed by atoms with van der Waals surface area (Å²) < 4.78 is 7.51. The highest BCUT2D eigenvalue weighted by molar-refractivity contribution is 5.85. The molecule has 0 saturated carbocycles. The van der Waals surface area contributed by atoms with E-state index in [-0.39, 0.29) is 12.5 Å². The average Bonchev–Trinajstić information content (AvgIpc) is 3.20. The highest BCUT2D eigenvalue weighted by Crippen LogP contribution is 2.25. The second-order valence-electron chi connectivity index (χ2n) is 9.52. The first-order valence-electron chi connectivity index (χ1n) is 12.8. The quantitative estimate of drug-likeness (QED) is 0.301. The van der Waals surface area contributed by atoms with Gasteiger partial charge in [0.1, 0.15) is 6.54 Å². The monoisotopic (exact) mass is 461 g/mol. The number of anilines is 1. The maximum absolute atomic E-state index is 12.4. The Morgan fingerprint density at radius 3 is 2.56 bits per heavy atom. The van der Waals surface area contributed by atoms with Crippen LogP contribution in [0.25, 0.3) is 10.9 Å². The Bertz CT molecular complexity index is 1100. The van der Waals surface area contributed by atoms with E-state index in [9.17, 15) is 4.79 Å². The van der Waals surface area contributed by atoms with Gasteiger partial charge in [-0.3, -0.25) is 9.69 Å². The van der Waals surface area contributed by atoms with E-state index in [1.54, 1.807) is 0 Å². The number of hydrogen-bond acceptors (Lipinski definition) is 4. The molecular weight excluding hydrogens is 422 g/mol. The minimum absolute atomic E-state index is 0.147. The number of aromatic nitrogens is 1. The van der Waals surface area contributed by atoms with E-state index in [2.05, 4.69) is 77.7 Å². The molecule has 0 spiro atoms. The van der Waals surface area contributed by atoms with Crippen LogP contribution in [0.5, 0.6) is 0 Å². The number of unbranched alkanes of at least 4 members (excludes halogenated alkanes) is 2. The molecule has 5 heteroatoms. The summed E-state index contributed by atoms with van der Waals surface area (Å²) in [6, 6.07) is 15.0. The molecule has 0 bridgehead atoms. The Morgan fingerprint density at radius 1 is 0.971 bits per heavy atom. The SMILES string of the molecule is CCCCCOC(=O)Cn1cc(CCN2CCN(c3cccc(C)c3C)CC2)c2ccccc21. The number of fused-ring (bicyclic) bond motifs is 1. The van der Waals surface area contributed by atoms with Crippen molar-refractivity contribution >= 4 is 22.6 Å². The lowest BCUT2D eigenvalue weighted by Crippen LogP contribution is -2.47. The minimum atomic E-state index is -0.147. The lowest BCUT2D eigenvalue weighted by atomic mass is 10.1. The number of aryl methyl sites for hydroxylation is 1. The molecule has 1 saturated heterocycles. The van der Waals surface area contributed by atoms with Gasteiger partial charge in [-0.15, -0.1) is 0 Å². The molecule has 1 aliphatic heterocycles. The lowest BCUT2D eigenvalue weighted by molar-refractivity contribution is -0.144. The first kappa shape index (κ1) is 24.3. The van der Waals surface area contributed by atoms with E-state index < -0.39 is 0 Å². The van der Waals surface area contributed by atoms with Crippen molar-refractivity contribution in [2.75, 3.05) is 44.2 Å². The molecule has 2 heterocycles. The van der Waals surface area contributed by atoms with Crippen molar-refractivity contribution in [3.05, 3.63) is 65.4 Å². The number of rotatable bonds is 10. The summed E-state index contributed by atoms with van der Waals surface area (Å²) >= 11 is 0. The Hall–Kier alpha value is -2.79. The van der Waals surface area contributed by atoms with Crippen LogP contribution >= 0.6 is 0 Å². The van der Waals surface area contributed by atoms with Gasteiger partial charge in [-0.25, -0.2) is 0 Å². The molecule has 34 heavy (non-hydrogen) atoms. The second kappa shape index (κ2) is 11.6. The Labute approximate surface area is 204 Å². The van der Waals surface area contributed by atoms with Crippen molar-refractivity contribution in [3.63, 3.8) is 0 Å². The number of ether oxygens (including phenoxy) is 1. The third-order valence-corrected chi connectivity index (χ3v) is 7.17. The smallest absolute Gasteiger partial charge is 0.325 e. The van der Waals surface area contributed by atoms with E-state index in [0.717, 1.165) is 63.9 Å².